The molecule has 92 valence electrons. The molecule has 0 aromatic carbocycles. The zero-order valence-corrected chi connectivity index (χ0v) is 10.5. The molecule has 2 rings (SSSR count). The Kier molecular flexibility index (Phi) is 3.83. The van der Waals surface area contributed by atoms with Crippen LogP contribution in [0.25, 0.3) is 0 Å². The molecule has 5 nitrogen and oxygen atoms in total. The van der Waals surface area contributed by atoms with E-state index in [0.717, 1.165) is 25.2 Å². The number of aromatic nitrogens is 2. The van der Waals surface area contributed by atoms with Crippen molar-refractivity contribution >= 4 is 23.5 Å². The van der Waals surface area contributed by atoms with Crippen LogP contribution in [0.2, 0.25) is 0 Å². The van der Waals surface area contributed by atoms with Crippen molar-refractivity contribution in [2.24, 2.45) is 0 Å². The SMILES string of the molecule is CSc1nccc(N2CCCC[C@H]2C(=O)O)n1. The van der Waals surface area contributed by atoms with E-state index in [4.69, 9.17) is 0 Å². The molecule has 2 heterocycles. The Hall–Kier alpha value is -1.30. The number of aliphatic carboxylic acids is 1. The number of piperidine rings is 1. The predicted molar refractivity (Wildman–Crippen MR) is 66.4 cm³/mol. The summed E-state index contributed by atoms with van der Waals surface area (Å²) in [6.07, 6.45) is 6.26. The molecule has 1 aromatic rings. The van der Waals surface area contributed by atoms with Gasteiger partial charge in [0, 0.05) is 12.7 Å². The first-order valence-electron chi connectivity index (χ1n) is 5.59. The summed E-state index contributed by atoms with van der Waals surface area (Å²) < 4.78 is 0. The van der Waals surface area contributed by atoms with Gasteiger partial charge in [0.1, 0.15) is 11.9 Å². The van der Waals surface area contributed by atoms with E-state index in [1.165, 1.54) is 11.8 Å². The number of carboxylic acid groups (broad SMARTS) is 1. The minimum atomic E-state index is -0.769. The molecule has 0 radical (unpaired) electrons. The fourth-order valence-electron chi connectivity index (χ4n) is 2.05. The van der Waals surface area contributed by atoms with Crippen LogP contribution in [0.4, 0.5) is 5.82 Å². The predicted octanol–water partition coefficient (Wildman–Crippen LogP) is 1.64. The number of rotatable bonds is 3. The topological polar surface area (TPSA) is 66.3 Å². The van der Waals surface area contributed by atoms with E-state index in [1.54, 1.807) is 12.3 Å². The minimum Gasteiger partial charge on any atom is -0.480 e. The van der Waals surface area contributed by atoms with E-state index in [1.807, 2.05) is 11.2 Å². The molecule has 0 spiro atoms. The van der Waals surface area contributed by atoms with Crippen LogP contribution in [0.15, 0.2) is 17.4 Å². The molecule has 1 aliphatic rings. The lowest BCUT2D eigenvalue weighted by molar-refractivity contribution is -0.139. The van der Waals surface area contributed by atoms with Gasteiger partial charge in [-0.2, -0.15) is 0 Å². The Morgan fingerprint density at radius 2 is 2.41 bits per heavy atom. The number of hydrogen-bond acceptors (Lipinski definition) is 5. The normalized spacial score (nSPS) is 20.3. The van der Waals surface area contributed by atoms with Crippen LogP contribution in [-0.2, 0) is 4.79 Å². The molecular formula is C11H15N3O2S. The van der Waals surface area contributed by atoms with Crippen LogP contribution < -0.4 is 4.90 Å². The molecule has 17 heavy (non-hydrogen) atoms. The third kappa shape index (κ3) is 2.69. The minimum absolute atomic E-state index is 0.451. The number of hydrogen-bond donors (Lipinski definition) is 1. The smallest absolute Gasteiger partial charge is 0.326 e. The number of carbonyl (C=O) groups is 1. The quantitative estimate of drug-likeness (QED) is 0.652. The van der Waals surface area contributed by atoms with Gasteiger partial charge in [-0.1, -0.05) is 11.8 Å². The van der Waals surface area contributed by atoms with Gasteiger partial charge in [-0.3, -0.25) is 0 Å². The maximum absolute atomic E-state index is 11.2. The van der Waals surface area contributed by atoms with Crippen LogP contribution in [0.5, 0.6) is 0 Å². The van der Waals surface area contributed by atoms with Crippen molar-refractivity contribution in [1.82, 2.24) is 9.97 Å². The third-order valence-electron chi connectivity index (χ3n) is 2.88. The number of anilines is 1. The lowest BCUT2D eigenvalue weighted by Crippen LogP contribution is -2.45. The second-order valence-corrected chi connectivity index (χ2v) is 4.72. The molecule has 1 aromatic heterocycles. The largest absolute Gasteiger partial charge is 0.480 e. The van der Waals surface area contributed by atoms with Gasteiger partial charge in [-0.05, 0) is 31.6 Å². The lowest BCUT2D eigenvalue weighted by atomic mass is 10.0. The zero-order chi connectivity index (χ0) is 12.3. The molecule has 0 saturated carbocycles. The highest BCUT2D eigenvalue weighted by Crippen LogP contribution is 2.24. The number of nitrogens with zero attached hydrogens (tertiary/aromatic N) is 3. The van der Waals surface area contributed by atoms with Crippen molar-refractivity contribution in [3.05, 3.63) is 12.3 Å². The molecule has 1 N–H and O–H groups in total. The molecule has 1 aliphatic heterocycles. The second-order valence-electron chi connectivity index (χ2n) is 3.94. The average Bonchev–Trinajstić information content (AvgIpc) is 2.39. The third-order valence-corrected chi connectivity index (χ3v) is 3.45. The van der Waals surface area contributed by atoms with Gasteiger partial charge in [0.25, 0.3) is 0 Å². The lowest BCUT2D eigenvalue weighted by Gasteiger charge is -2.33. The van der Waals surface area contributed by atoms with Gasteiger partial charge in [-0.25, -0.2) is 14.8 Å². The summed E-state index contributed by atoms with van der Waals surface area (Å²) in [6.45, 7) is 0.752. The van der Waals surface area contributed by atoms with Gasteiger partial charge in [0.05, 0.1) is 0 Å². The summed E-state index contributed by atoms with van der Waals surface area (Å²) in [4.78, 5) is 21.5. The van der Waals surface area contributed by atoms with E-state index in [0.29, 0.717) is 11.6 Å². The highest BCUT2D eigenvalue weighted by molar-refractivity contribution is 7.98. The Labute approximate surface area is 104 Å². The van der Waals surface area contributed by atoms with Crippen LogP contribution >= 0.6 is 11.8 Å². The summed E-state index contributed by atoms with van der Waals surface area (Å²) in [5.74, 6) is -0.0505. The number of carboxylic acids is 1. The Morgan fingerprint density at radius 1 is 1.59 bits per heavy atom. The monoisotopic (exact) mass is 253 g/mol. The second kappa shape index (κ2) is 5.35. The zero-order valence-electron chi connectivity index (χ0n) is 9.67. The Bertz CT molecular complexity index is 413. The Morgan fingerprint density at radius 3 is 3.12 bits per heavy atom. The van der Waals surface area contributed by atoms with Crippen LogP contribution in [0.1, 0.15) is 19.3 Å². The van der Waals surface area contributed by atoms with Crippen molar-refractivity contribution < 1.29 is 9.90 Å². The standard InChI is InChI=1S/C11H15N3O2S/c1-17-11-12-6-5-9(13-11)14-7-3-2-4-8(14)10(15)16/h5-6,8H,2-4,7H2,1H3,(H,15,16)/t8-/m0/s1. The summed E-state index contributed by atoms with van der Waals surface area (Å²) in [6, 6.07) is 1.33. The van der Waals surface area contributed by atoms with Crippen molar-refractivity contribution in [3.8, 4) is 0 Å². The fraction of sp³-hybridized carbons (Fsp3) is 0.545. The molecular weight excluding hydrogens is 238 g/mol. The maximum Gasteiger partial charge on any atom is 0.326 e. The van der Waals surface area contributed by atoms with Crippen molar-refractivity contribution in [3.63, 3.8) is 0 Å². The van der Waals surface area contributed by atoms with Gasteiger partial charge in [-0.15, -0.1) is 0 Å². The highest BCUT2D eigenvalue weighted by atomic mass is 32.2. The molecule has 6 heteroatoms. The maximum atomic E-state index is 11.2. The molecule has 0 aliphatic carbocycles. The van der Waals surface area contributed by atoms with Gasteiger partial charge in [0.15, 0.2) is 5.16 Å². The van der Waals surface area contributed by atoms with E-state index < -0.39 is 12.0 Å². The van der Waals surface area contributed by atoms with Crippen LogP contribution in [0.3, 0.4) is 0 Å². The van der Waals surface area contributed by atoms with Crippen molar-refractivity contribution in [2.45, 2.75) is 30.5 Å². The van der Waals surface area contributed by atoms with Crippen molar-refractivity contribution in [1.29, 1.82) is 0 Å². The van der Waals surface area contributed by atoms with E-state index >= 15 is 0 Å². The Balaban J connectivity index is 2.26. The summed E-state index contributed by atoms with van der Waals surface area (Å²) in [5.41, 5.74) is 0. The fourth-order valence-corrected chi connectivity index (χ4v) is 2.40. The molecule has 1 saturated heterocycles. The van der Waals surface area contributed by atoms with Gasteiger partial charge in [0.2, 0.25) is 0 Å². The van der Waals surface area contributed by atoms with Gasteiger partial charge >= 0.3 is 5.97 Å². The first-order chi connectivity index (χ1) is 8.22. The first-order valence-corrected chi connectivity index (χ1v) is 6.81. The first kappa shape index (κ1) is 12.2. The van der Waals surface area contributed by atoms with E-state index in [9.17, 15) is 9.90 Å². The van der Waals surface area contributed by atoms with Crippen LogP contribution in [0, 0.1) is 0 Å². The molecule has 1 fully saturated rings. The average molecular weight is 253 g/mol. The van der Waals surface area contributed by atoms with Crippen LogP contribution in [-0.4, -0.2) is 39.9 Å². The van der Waals surface area contributed by atoms with E-state index in [2.05, 4.69) is 9.97 Å². The summed E-state index contributed by atoms with van der Waals surface area (Å²) in [5, 5.41) is 9.88. The van der Waals surface area contributed by atoms with Crippen molar-refractivity contribution in [2.75, 3.05) is 17.7 Å². The molecule has 0 amide bonds. The van der Waals surface area contributed by atoms with E-state index in [-0.39, 0.29) is 0 Å². The highest BCUT2D eigenvalue weighted by Gasteiger charge is 2.29. The summed E-state index contributed by atoms with van der Waals surface area (Å²) in [7, 11) is 0. The summed E-state index contributed by atoms with van der Waals surface area (Å²) >= 11 is 1.46. The molecule has 0 unspecified atom stereocenters. The van der Waals surface area contributed by atoms with Gasteiger partial charge < -0.3 is 10.0 Å². The molecule has 0 bridgehead atoms. The number of thioether (sulfide) groups is 1. The molecule has 1 atom stereocenters.